The first-order valence-electron chi connectivity index (χ1n) is 10.6. The molecule has 0 fully saturated rings. The summed E-state index contributed by atoms with van der Waals surface area (Å²) in [6.07, 6.45) is 0.554. The summed E-state index contributed by atoms with van der Waals surface area (Å²) >= 11 is 7.60. The number of hydrogen-bond acceptors (Lipinski definition) is 3. The van der Waals surface area contributed by atoms with Crippen molar-refractivity contribution in [3.8, 4) is 0 Å². The second kappa shape index (κ2) is 11.6. The van der Waals surface area contributed by atoms with Crippen LogP contribution in [0.2, 0.25) is 5.02 Å². The van der Waals surface area contributed by atoms with E-state index in [1.54, 1.807) is 4.90 Å². The van der Waals surface area contributed by atoms with Crippen LogP contribution in [-0.4, -0.2) is 34.0 Å². The average Bonchev–Trinajstić information content (AvgIpc) is 2.66. The van der Waals surface area contributed by atoms with Crippen molar-refractivity contribution in [3.05, 3.63) is 70.2 Å². The summed E-state index contributed by atoms with van der Waals surface area (Å²) in [4.78, 5) is 28.0. The molecule has 1 atom stereocenters. The number of nitrogens with one attached hydrogen (secondary N) is 1. The molecule has 2 aromatic rings. The van der Waals surface area contributed by atoms with Crippen LogP contribution < -0.4 is 5.32 Å². The van der Waals surface area contributed by atoms with E-state index >= 15 is 0 Å². The number of rotatable bonds is 9. The second-order valence-electron chi connectivity index (χ2n) is 8.80. The first kappa shape index (κ1) is 25.3. The van der Waals surface area contributed by atoms with Gasteiger partial charge in [-0.2, -0.15) is 0 Å². The van der Waals surface area contributed by atoms with Crippen LogP contribution in [0.25, 0.3) is 0 Å². The predicted octanol–water partition coefficient (Wildman–Crippen LogP) is 5.60. The van der Waals surface area contributed by atoms with Crippen molar-refractivity contribution in [1.82, 2.24) is 10.2 Å². The summed E-state index contributed by atoms with van der Waals surface area (Å²) in [5.41, 5.74) is 2.87. The normalized spacial score (nSPS) is 12.3. The van der Waals surface area contributed by atoms with Gasteiger partial charge in [-0.25, -0.2) is 0 Å². The topological polar surface area (TPSA) is 49.4 Å². The number of carbonyl (C=O) groups is 2. The molecule has 1 N–H and O–H groups in total. The van der Waals surface area contributed by atoms with Gasteiger partial charge in [0.25, 0.3) is 0 Å². The number of carbonyl (C=O) groups excluding carboxylic acids is 2. The summed E-state index contributed by atoms with van der Waals surface area (Å²) in [5, 5.41) is 3.73. The Hall–Kier alpha value is -1.98. The molecule has 6 heteroatoms. The molecule has 0 aliphatic rings. The van der Waals surface area contributed by atoms with Crippen molar-refractivity contribution in [2.24, 2.45) is 0 Å². The SMILES string of the molecule is CCC(C(=O)NC(C)(C)C)N(Cc1cccc(C)c1)C(=O)CSCc1cccc(Cl)c1. The van der Waals surface area contributed by atoms with E-state index in [2.05, 4.69) is 11.4 Å². The number of nitrogens with zero attached hydrogens (tertiary/aromatic N) is 1. The lowest BCUT2D eigenvalue weighted by atomic mass is 10.1. The van der Waals surface area contributed by atoms with Gasteiger partial charge in [-0.1, -0.05) is 60.5 Å². The highest BCUT2D eigenvalue weighted by molar-refractivity contribution is 7.99. The molecular weight excluding hydrogens is 428 g/mol. The van der Waals surface area contributed by atoms with Crippen LogP contribution >= 0.6 is 23.4 Å². The maximum Gasteiger partial charge on any atom is 0.243 e. The molecule has 0 spiro atoms. The third-order valence-electron chi connectivity index (χ3n) is 4.70. The maximum absolute atomic E-state index is 13.3. The number of aryl methyl sites for hydroxylation is 1. The van der Waals surface area contributed by atoms with Crippen LogP contribution in [0.5, 0.6) is 0 Å². The first-order valence-corrected chi connectivity index (χ1v) is 12.1. The molecule has 168 valence electrons. The fourth-order valence-corrected chi connectivity index (χ4v) is 4.42. The lowest BCUT2D eigenvalue weighted by Gasteiger charge is -2.33. The van der Waals surface area contributed by atoms with Crippen molar-refractivity contribution in [2.75, 3.05) is 5.75 Å². The molecule has 0 aliphatic carbocycles. The Labute approximate surface area is 195 Å². The van der Waals surface area contributed by atoms with Gasteiger partial charge in [-0.05, 0) is 57.4 Å². The molecule has 2 aromatic carbocycles. The fraction of sp³-hybridized carbons (Fsp3) is 0.440. The largest absolute Gasteiger partial charge is 0.350 e. The Morgan fingerprint density at radius 1 is 1.10 bits per heavy atom. The zero-order valence-electron chi connectivity index (χ0n) is 19.1. The maximum atomic E-state index is 13.3. The third kappa shape index (κ3) is 8.58. The summed E-state index contributed by atoms with van der Waals surface area (Å²) in [5.74, 6) is 0.841. The van der Waals surface area contributed by atoms with Gasteiger partial charge >= 0.3 is 0 Å². The van der Waals surface area contributed by atoms with Crippen molar-refractivity contribution >= 4 is 35.2 Å². The number of benzene rings is 2. The molecule has 0 saturated heterocycles. The van der Waals surface area contributed by atoms with E-state index < -0.39 is 6.04 Å². The van der Waals surface area contributed by atoms with Crippen LogP contribution in [0.3, 0.4) is 0 Å². The van der Waals surface area contributed by atoms with Crippen LogP contribution in [0.1, 0.15) is 50.8 Å². The van der Waals surface area contributed by atoms with Crippen LogP contribution in [-0.2, 0) is 21.9 Å². The molecular formula is C25H33ClN2O2S. The molecule has 2 amide bonds. The van der Waals surface area contributed by atoms with Crippen molar-refractivity contribution < 1.29 is 9.59 Å². The highest BCUT2D eigenvalue weighted by atomic mass is 35.5. The Balaban J connectivity index is 2.16. The number of hydrogen-bond donors (Lipinski definition) is 1. The lowest BCUT2D eigenvalue weighted by Crippen LogP contribution is -2.53. The van der Waals surface area contributed by atoms with E-state index in [-0.39, 0.29) is 17.4 Å². The molecule has 2 rings (SSSR count). The van der Waals surface area contributed by atoms with Crippen molar-refractivity contribution in [1.29, 1.82) is 0 Å². The third-order valence-corrected chi connectivity index (χ3v) is 5.93. The van der Waals surface area contributed by atoms with Gasteiger partial charge in [0.2, 0.25) is 11.8 Å². The molecule has 31 heavy (non-hydrogen) atoms. The Bertz CT molecular complexity index is 895. The molecule has 0 heterocycles. The highest BCUT2D eigenvalue weighted by Crippen LogP contribution is 2.20. The zero-order valence-corrected chi connectivity index (χ0v) is 20.6. The Morgan fingerprint density at radius 3 is 2.39 bits per heavy atom. The van der Waals surface area contributed by atoms with Crippen molar-refractivity contribution in [3.63, 3.8) is 0 Å². The molecule has 0 saturated carbocycles. The number of thioether (sulfide) groups is 1. The molecule has 4 nitrogen and oxygen atoms in total. The quantitative estimate of drug-likeness (QED) is 0.529. The minimum absolute atomic E-state index is 0.0376. The van der Waals surface area contributed by atoms with Crippen LogP contribution in [0.4, 0.5) is 0 Å². The fourth-order valence-electron chi connectivity index (χ4n) is 3.35. The summed E-state index contributed by atoms with van der Waals surface area (Å²) in [6, 6.07) is 15.2. The van der Waals surface area contributed by atoms with Gasteiger partial charge in [0, 0.05) is 22.9 Å². The van der Waals surface area contributed by atoms with E-state index in [0.717, 1.165) is 16.7 Å². The first-order chi connectivity index (χ1) is 14.6. The van der Waals surface area contributed by atoms with Gasteiger partial charge in [0.15, 0.2) is 0 Å². The Morgan fingerprint density at radius 2 is 1.77 bits per heavy atom. The number of amides is 2. The summed E-state index contributed by atoms with van der Waals surface area (Å²) < 4.78 is 0. The predicted molar refractivity (Wildman–Crippen MR) is 131 cm³/mol. The minimum Gasteiger partial charge on any atom is -0.350 e. The van der Waals surface area contributed by atoms with Gasteiger partial charge in [0.1, 0.15) is 6.04 Å². The molecule has 0 radical (unpaired) electrons. The molecule has 0 aromatic heterocycles. The van der Waals surface area contributed by atoms with Gasteiger partial charge in [-0.3, -0.25) is 9.59 Å². The van der Waals surface area contributed by atoms with E-state index in [1.165, 1.54) is 11.8 Å². The second-order valence-corrected chi connectivity index (χ2v) is 10.2. The van der Waals surface area contributed by atoms with Gasteiger partial charge in [-0.15, -0.1) is 11.8 Å². The minimum atomic E-state index is -0.515. The smallest absolute Gasteiger partial charge is 0.243 e. The van der Waals surface area contributed by atoms with Gasteiger partial charge < -0.3 is 10.2 Å². The number of halogens is 1. The Kier molecular flexibility index (Phi) is 9.45. The van der Waals surface area contributed by atoms with E-state index in [9.17, 15) is 9.59 Å². The standard InChI is InChI=1S/C25H33ClN2O2S/c1-6-22(24(30)27-25(3,4)5)28(15-19-10-7-9-18(2)13-19)23(29)17-31-16-20-11-8-12-21(26)14-20/h7-14,22H,6,15-17H2,1-5H3,(H,27,30). The highest BCUT2D eigenvalue weighted by Gasteiger charge is 2.30. The monoisotopic (exact) mass is 460 g/mol. The molecule has 1 unspecified atom stereocenters. The van der Waals surface area contributed by atoms with Crippen molar-refractivity contribution in [2.45, 2.75) is 64.9 Å². The molecule has 0 bridgehead atoms. The van der Waals surface area contributed by atoms with E-state index in [4.69, 9.17) is 11.6 Å². The molecule has 0 aliphatic heterocycles. The lowest BCUT2D eigenvalue weighted by molar-refractivity contribution is -0.140. The average molecular weight is 461 g/mol. The van der Waals surface area contributed by atoms with E-state index in [0.29, 0.717) is 29.5 Å². The van der Waals surface area contributed by atoms with Gasteiger partial charge in [0.05, 0.1) is 5.75 Å². The van der Waals surface area contributed by atoms with Crippen LogP contribution in [0.15, 0.2) is 48.5 Å². The summed E-state index contributed by atoms with van der Waals surface area (Å²) in [6.45, 7) is 10.2. The van der Waals surface area contributed by atoms with Crippen LogP contribution in [0, 0.1) is 6.92 Å². The van der Waals surface area contributed by atoms with E-state index in [1.807, 2.05) is 77.1 Å². The zero-order chi connectivity index (χ0) is 23.0. The summed E-state index contributed by atoms with van der Waals surface area (Å²) in [7, 11) is 0.